The number of nitrogens with one attached hydrogen (secondary N) is 2. The van der Waals surface area contributed by atoms with Crippen LogP contribution in [0.3, 0.4) is 0 Å². The van der Waals surface area contributed by atoms with Gasteiger partial charge in [0.2, 0.25) is 5.91 Å². The molecule has 160 valence electrons. The molecule has 2 amide bonds. The fourth-order valence-corrected chi connectivity index (χ4v) is 4.33. The molecule has 1 heterocycles. The maximum absolute atomic E-state index is 12.9. The number of anilines is 1. The quantitative estimate of drug-likeness (QED) is 0.626. The summed E-state index contributed by atoms with van der Waals surface area (Å²) in [6.07, 6.45) is 0.846. The first-order valence-corrected chi connectivity index (χ1v) is 11.4. The summed E-state index contributed by atoms with van der Waals surface area (Å²) in [5, 5.41) is 5.70. The zero-order valence-electron chi connectivity index (χ0n) is 17.2. The number of carbonyl (C=O) groups excluding carboxylic acids is 2. The maximum atomic E-state index is 12.9. The third-order valence-corrected chi connectivity index (χ3v) is 5.99. The lowest BCUT2D eigenvalue weighted by molar-refractivity contribution is -0.116. The van der Waals surface area contributed by atoms with Crippen molar-refractivity contribution in [2.45, 2.75) is 26.3 Å². The lowest BCUT2D eigenvalue weighted by Gasteiger charge is -2.26. The summed E-state index contributed by atoms with van der Waals surface area (Å²) in [6, 6.07) is 11.6. The Bertz CT molecular complexity index is 867. The van der Waals surface area contributed by atoms with Crippen LogP contribution in [-0.4, -0.2) is 47.9 Å². The van der Waals surface area contributed by atoms with Crippen LogP contribution in [-0.2, 0) is 11.3 Å². The fraction of sp³-hybridized carbons (Fsp3) is 0.391. The molecule has 1 aliphatic rings. The minimum absolute atomic E-state index is 0.0741. The van der Waals surface area contributed by atoms with Gasteiger partial charge in [0.1, 0.15) is 5.82 Å². The first-order valence-electron chi connectivity index (χ1n) is 10.2. The van der Waals surface area contributed by atoms with Crippen LogP contribution in [0.5, 0.6) is 0 Å². The highest BCUT2D eigenvalue weighted by Gasteiger charge is 2.12. The van der Waals surface area contributed by atoms with Crippen molar-refractivity contribution in [1.82, 2.24) is 10.2 Å². The number of amides is 2. The lowest BCUT2D eigenvalue weighted by atomic mass is 10.1. The van der Waals surface area contributed by atoms with Crippen molar-refractivity contribution in [1.29, 1.82) is 0 Å². The Morgan fingerprint density at radius 2 is 1.83 bits per heavy atom. The average molecular weight is 430 g/mol. The van der Waals surface area contributed by atoms with Gasteiger partial charge in [-0.05, 0) is 54.8 Å². The molecule has 0 radical (unpaired) electrons. The molecule has 2 aromatic rings. The Morgan fingerprint density at radius 3 is 2.53 bits per heavy atom. The predicted octanol–water partition coefficient (Wildman–Crippen LogP) is 3.83. The van der Waals surface area contributed by atoms with E-state index < -0.39 is 0 Å². The summed E-state index contributed by atoms with van der Waals surface area (Å²) in [6.45, 7) is 5.59. The SMILES string of the molecule is Cc1cc(CN2CCSCC2)ccc1NC(=O)CCCNC(=O)c1ccc(F)cc1. The smallest absolute Gasteiger partial charge is 0.251 e. The van der Waals surface area contributed by atoms with Crippen molar-refractivity contribution in [3.8, 4) is 0 Å². The topological polar surface area (TPSA) is 61.4 Å². The first-order chi connectivity index (χ1) is 14.5. The van der Waals surface area contributed by atoms with E-state index in [0.29, 0.717) is 24.9 Å². The molecule has 1 fully saturated rings. The van der Waals surface area contributed by atoms with E-state index in [-0.39, 0.29) is 17.6 Å². The van der Waals surface area contributed by atoms with Crippen molar-refractivity contribution in [3.63, 3.8) is 0 Å². The summed E-state index contributed by atoms with van der Waals surface area (Å²) in [5.41, 5.74) is 3.55. The fourth-order valence-electron chi connectivity index (χ4n) is 3.35. The number of hydrogen-bond donors (Lipinski definition) is 2. The summed E-state index contributed by atoms with van der Waals surface area (Å²) in [5.74, 6) is 1.66. The van der Waals surface area contributed by atoms with Gasteiger partial charge < -0.3 is 10.6 Å². The Balaban J connectivity index is 1.39. The second kappa shape index (κ2) is 11.1. The van der Waals surface area contributed by atoms with E-state index in [1.54, 1.807) is 0 Å². The molecule has 2 N–H and O–H groups in total. The third-order valence-electron chi connectivity index (χ3n) is 5.05. The predicted molar refractivity (Wildman–Crippen MR) is 120 cm³/mol. The van der Waals surface area contributed by atoms with Crippen LogP contribution >= 0.6 is 11.8 Å². The molecular weight excluding hydrogens is 401 g/mol. The summed E-state index contributed by atoms with van der Waals surface area (Å²) >= 11 is 2.00. The van der Waals surface area contributed by atoms with Gasteiger partial charge in [-0.25, -0.2) is 4.39 Å². The van der Waals surface area contributed by atoms with Gasteiger partial charge in [-0.3, -0.25) is 14.5 Å². The second-order valence-corrected chi connectivity index (χ2v) is 8.68. The normalized spacial score (nSPS) is 14.3. The third kappa shape index (κ3) is 6.85. The molecular formula is C23H28FN3O2S. The molecule has 1 saturated heterocycles. The van der Waals surface area contributed by atoms with Crippen LogP contribution in [0, 0.1) is 12.7 Å². The molecule has 0 unspecified atom stereocenters. The molecule has 0 atom stereocenters. The Hall–Kier alpha value is -2.38. The van der Waals surface area contributed by atoms with Gasteiger partial charge >= 0.3 is 0 Å². The number of thioether (sulfide) groups is 1. The van der Waals surface area contributed by atoms with E-state index >= 15 is 0 Å². The molecule has 5 nitrogen and oxygen atoms in total. The van der Waals surface area contributed by atoms with Crippen LogP contribution in [0.2, 0.25) is 0 Å². The van der Waals surface area contributed by atoms with E-state index in [1.165, 1.54) is 41.3 Å². The lowest BCUT2D eigenvalue weighted by Crippen LogP contribution is -2.31. The van der Waals surface area contributed by atoms with Crippen LogP contribution in [0.4, 0.5) is 10.1 Å². The molecule has 0 saturated carbocycles. The number of aryl methyl sites for hydroxylation is 1. The molecule has 0 aromatic heterocycles. The van der Waals surface area contributed by atoms with Crippen molar-refractivity contribution in [2.75, 3.05) is 36.5 Å². The first kappa shape index (κ1) is 22.3. The molecule has 7 heteroatoms. The van der Waals surface area contributed by atoms with E-state index in [1.807, 2.05) is 24.8 Å². The monoisotopic (exact) mass is 429 g/mol. The van der Waals surface area contributed by atoms with Crippen LogP contribution in [0.1, 0.15) is 34.3 Å². The number of nitrogens with zero attached hydrogens (tertiary/aromatic N) is 1. The zero-order chi connectivity index (χ0) is 21.3. The van der Waals surface area contributed by atoms with Gasteiger partial charge in [-0.15, -0.1) is 0 Å². The Labute approximate surface area is 181 Å². The highest BCUT2D eigenvalue weighted by molar-refractivity contribution is 7.99. The number of hydrogen-bond acceptors (Lipinski definition) is 4. The van der Waals surface area contributed by atoms with Crippen LogP contribution < -0.4 is 10.6 Å². The van der Waals surface area contributed by atoms with Gasteiger partial charge in [-0.2, -0.15) is 11.8 Å². The minimum atomic E-state index is -0.378. The van der Waals surface area contributed by atoms with E-state index in [0.717, 1.165) is 30.9 Å². The van der Waals surface area contributed by atoms with Gasteiger partial charge in [0, 0.05) is 55.4 Å². The maximum Gasteiger partial charge on any atom is 0.251 e. The molecule has 2 aromatic carbocycles. The standard InChI is InChI=1S/C23H28FN3O2S/c1-17-15-18(16-27-11-13-30-14-12-27)4-9-21(17)26-22(28)3-2-10-25-23(29)19-5-7-20(24)8-6-19/h4-9,15H,2-3,10-14,16H2,1H3,(H,25,29)(H,26,28). The zero-order valence-corrected chi connectivity index (χ0v) is 18.1. The summed E-state index contributed by atoms with van der Waals surface area (Å²) in [4.78, 5) is 26.7. The molecule has 0 bridgehead atoms. The minimum Gasteiger partial charge on any atom is -0.352 e. The number of halogens is 1. The molecule has 0 aliphatic carbocycles. The molecule has 1 aliphatic heterocycles. The highest BCUT2D eigenvalue weighted by Crippen LogP contribution is 2.19. The van der Waals surface area contributed by atoms with Crippen molar-refractivity contribution >= 4 is 29.3 Å². The van der Waals surface area contributed by atoms with Gasteiger partial charge in [-0.1, -0.05) is 12.1 Å². The van der Waals surface area contributed by atoms with Gasteiger partial charge in [0.15, 0.2) is 0 Å². The number of rotatable bonds is 8. The van der Waals surface area contributed by atoms with Crippen LogP contribution in [0.15, 0.2) is 42.5 Å². The average Bonchev–Trinajstić information content (AvgIpc) is 2.74. The molecule has 3 rings (SSSR count). The van der Waals surface area contributed by atoms with Crippen molar-refractivity contribution in [2.24, 2.45) is 0 Å². The van der Waals surface area contributed by atoms with Crippen molar-refractivity contribution in [3.05, 3.63) is 65.0 Å². The van der Waals surface area contributed by atoms with E-state index in [4.69, 9.17) is 0 Å². The van der Waals surface area contributed by atoms with Crippen LogP contribution in [0.25, 0.3) is 0 Å². The summed E-state index contributed by atoms with van der Waals surface area (Å²) in [7, 11) is 0. The second-order valence-electron chi connectivity index (χ2n) is 7.45. The van der Waals surface area contributed by atoms with E-state index in [9.17, 15) is 14.0 Å². The number of carbonyl (C=O) groups is 2. The molecule has 30 heavy (non-hydrogen) atoms. The number of benzene rings is 2. The Kier molecular flexibility index (Phi) is 8.28. The summed E-state index contributed by atoms with van der Waals surface area (Å²) < 4.78 is 12.9. The Morgan fingerprint density at radius 1 is 1.10 bits per heavy atom. The van der Waals surface area contributed by atoms with E-state index in [2.05, 4.69) is 27.7 Å². The van der Waals surface area contributed by atoms with Gasteiger partial charge in [0.05, 0.1) is 0 Å². The molecule has 0 spiro atoms. The van der Waals surface area contributed by atoms with Gasteiger partial charge in [0.25, 0.3) is 5.91 Å². The highest BCUT2D eigenvalue weighted by atomic mass is 32.2. The largest absolute Gasteiger partial charge is 0.352 e. The van der Waals surface area contributed by atoms with Crippen molar-refractivity contribution < 1.29 is 14.0 Å².